The van der Waals surface area contributed by atoms with Crippen LogP contribution in [0.25, 0.3) is 0 Å². The topological polar surface area (TPSA) is 61.4 Å². The molecule has 0 aromatic carbocycles. The predicted octanol–water partition coefficient (Wildman–Crippen LogP) is 0.359. The van der Waals surface area contributed by atoms with Gasteiger partial charge in [0.2, 0.25) is 5.91 Å². The van der Waals surface area contributed by atoms with Crippen molar-refractivity contribution in [2.24, 2.45) is 0 Å². The number of carbonyl (C=O) groups excluding carboxylic acids is 1. The number of aliphatic hydroxyl groups is 1. The minimum absolute atomic E-state index is 0.111. The molecular weight excluding hydrogens is 224 g/mol. The molecule has 1 amide bonds. The summed E-state index contributed by atoms with van der Waals surface area (Å²) in [5.74, 6) is 0.813. The fourth-order valence-electron chi connectivity index (χ4n) is 1.45. The van der Waals surface area contributed by atoms with Crippen molar-refractivity contribution in [2.75, 3.05) is 25.1 Å². The second-order valence-corrected chi connectivity index (χ2v) is 5.56. The maximum absolute atomic E-state index is 11.3. The molecule has 0 bridgehead atoms. The molecule has 0 saturated heterocycles. The Balaban J connectivity index is 1.99. The van der Waals surface area contributed by atoms with Gasteiger partial charge in [-0.1, -0.05) is 0 Å². The Kier molecular flexibility index (Phi) is 5.58. The standard InChI is InChI=1S/C11H22N2O2S/c1-11(15,8-16-2)7-12-6-5-10(14)13-9-3-4-9/h9,12,15H,3-8H2,1-2H3,(H,13,14). The van der Waals surface area contributed by atoms with Crippen molar-refractivity contribution in [1.29, 1.82) is 0 Å². The Morgan fingerprint density at radius 1 is 1.56 bits per heavy atom. The molecule has 5 heteroatoms. The molecular formula is C11H22N2O2S. The summed E-state index contributed by atoms with van der Waals surface area (Å²) in [6.07, 6.45) is 4.71. The van der Waals surface area contributed by atoms with Gasteiger partial charge in [-0.05, 0) is 26.0 Å². The summed E-state index contributed by atoms with van der Waals surface area (Å²) in [6, 6.07) is 0.437. The second kappa shape index (κ2) is 6.47. The Bertz CT molecular complexity index is 230. The summed E-state index contributed by atoms with van der Waals surface area (Å²) in [4.78, 5) is 11.3. The zero-order valence-electron chi connectivity index (χ0n) is 10.1. The number of thioether (sulfide) groups is 1. The summed E-state index contributed by atoms with van der Waals surface area (Å²) in [5.41, 5.74) is -0.688. The van der Waals surface area contributed by atoms with E-state index in [0.29, 0.717) is 31.3 Å². The third-order valence-electron chi connectivity index (χ3n) is 2.43. The Hall–Kier alpha value is -0.260. The van der Waals surface area contributed by atoms with E-state index in [1.54, 1.807) is 18.7 Å². The van der Waals surface area contributed by atoms with Crippen LogP contribution in [-0.2, 0) is 4.79 Å². The lowest BCUT2D eigenvalue weighted by atomic mass is 10.1. The van der Waals surface area contributed by atoms with E-state index in [0.717, 1.165) is 12.8 Å². The molecule has 94 valence electrons. The highest BCUT2D eigenvalue weighted by molar-refractivity contribution is 7.98. The van der Waals surface area contributed by atoms with E-state index in [-0.39, 0.29) is 5.91 Å². The zero-order valence-corrected chi connectivity index (χ0v) is 10.9. The SMILES string of the molecule is CSCC(C)(O)CNCCC(=O)NC1CC1. The quantitative estimate of drug-likeness (QED) is 0.541. The lowest BCUT2D eigenvalue weighted by Gasteiger charge is -2.22. The van der Waals surface area contributed by atoms with Gasteiger partial charge < -0.3 is 15.7 Å². The maximum Gasteiger partial charge on any atom is 0.221 e. The smallest absolute Gasteiger partial charge is 0.221 e. The van der Waals surface area contributed by atoms with Crippen molar-refractivity contribution in [1.82, 2.24) is 10.6 Å². The third-order valence-corrected chi connectivity index (χ3v) is 3.34. The first-order valence-electron chi connectivity index (χ1n) is 5.75. The number of carbonyl (C=O) groups is 1. The van der Waals surface area contributed by atoms with Crippen molar-refractivity contribution >= 4 is 17.7 Å². The van der Waals surface area contributed by atoms with Gasteiger partial charge in [0.25, 0.3) is 0 Å². The number of rotatable bonds is 8. The molecule has 4 nitrogen and oxygen atoms in total. The first-order valence-corrected chi connectivity index (χ1v) is 7.14. The average molecular weight is 246 g/mol. The summed E-state index contributed by atoms with van der Waals surface area (Å²) in [6.45, 7) is 2.97. The van der Waals surface area contributed by atoms with Crippen LogP contribution in [0.3, 0.4) is 0 Å². The van der Waals surface area contributed by atoms with Crippen LogP contribution in [0, 0.1) is 0 Å². The molecule has 16 heavy (non-hydrogen) atoms. The second-order valence-electron chi connectivity index (χ2n) is 4.70. The summed E-state index contributed by atoms with van der Waals surface area (Å²) in [7, 11) is 0. The van der Waals surface area contributed by atoms with E-state index < -0.39 is 5.60 Å². The van der Waals surface area contributed by atoms with E-state index in [2.05, 4.69) is 10.6 Å². The number of nitrogens with one attached hydrogen (secondary N) is 2. The van der Waals surface area contributed by atoms with Crippen molar-refractivity contribution in [3.63, 3.8) is 0 Å². The molecule has 0 heterocycles. The molecule has 0 aromatic rings. The fourth-order valence-corrected chi connectivity index (χ4v) is 2.17. The van der Waals surface area contributed by atoms with Gasteiger partial charge in [-0.15, -0.1) is 0 Å². The van der Waals surface area contributed by atoms with Gasteiger partial charge in [-0.3, -0.25) is 4.79 Å². The molecule has 3 N–H and O–H groups in total. The van der Waals surface area contributed by atoms with Crippen LogP contribution in [0.5, 0.6) is 0 Å². The predicted molar refractivity (Wildman–Crippen MR) is 67.7 cm³/mol. The number of amides is 1. The Labute approximate surface area is 102 Å². The van der Waals surface area contributed by atoms with Gasteiger partial charge in [0.15, 0.2) is 0 Å². The number of hydrogen-bond acceptors (Lipinski definition) is 4. The lowest BCUT2D eigenvalue weighted by Crippen LogP contribution is -2.41. The molecule has 0 radical (unpaired) electrons. The minimum atomic E-state index is -0.688. The summed E-state index contributed by atoms with van der Waals surface area (Å²) >= 11 is 1.62. The molecule has 0 aliphatic heterocycles. The van der Waals surface area contributed by atoms with Gasteiger partial charge in [0.1, 0.15) is 0 Å². The monoisotopic (exact) mass is 246 g/mol. The van der Waals surface area contributed by atoms with Crippen molar-refractivity contribution < 1.29 is 9.90 Å². The largest absolute Gasteiger partial charge is 0.388 e. The van der Waals surface area contributed by atoms with E-state index in [1.165, 1.54) is 0 Å². The maximum atomic E-state index is 11.3. The van der Waals surface area contributed by atoms with Crippen LogP contribution in [0.4, 0.5) is 0 Å². The normalized spacial score (nSPS) is 19.2. The van der Waals surface area contributed by atoms with Gasteiger partial charge in [-0.25, -0.2) is 0 Å². The van der Waals surface area contributed by atoms with Crippen molar-refractivity contribution in [3.05, 3.63) is 0 Å². The highest BCUT2D eigenvalue weighted by Gasteiger charge is 2.23. The molecule has 1 saturated carbocycles. The van der Waals surface area contributed by atoms with Crippen LogP contribution in [-0.4, -0.2) is 47.8 Å². The molecule has 1 aliphatic carbocycles. The minimum Gasteiger partial charge on any atom is -0.388 e. The first-order chi connectivity index (χ1) is 7.53. The molecule has 1 rings (SSSR count). The highest BCUT2D eigenvalue weighted by atomic mass is 32.2. The highest BCUT2D eigenvalue weighted by Crippen LogP contribution is 2.18. The van der Waals surface area contributed by atoms with Gasteiger partial charge in [0, 0.05) is 31.3 Å². The van der Waals surface area contributed by atoms with Crippen molar-refractivity contribution in [2.45, 2.75) is 37.8 Å². The van der Waals surface area contributed by atoms with E-state index in [9.17, 15) is 9.90 Å². The van der Waals surface area contributed by atoms with Gasteiger partial charge in [0.05, 0.1) is 5.60 Å². The van der Waals surface area contributed by atoms with Crippen LogP contribution >= 0.6 is 11.8 Å². The molecule has 1 aliphatic rings. The Morgan fingerprint density at radius 3 is 2.81 bits per heavy atom. The average Bonchev–Trinajstić information content (AvgIpc) is 2.96. The molecule has 0 spiro atoms. The van der Waals surface area contributed by atoms with Crippen LogP contribution in [0.2, 0.25) is 0 Å². The number of hydrogen-bond donors (Lipinski definition) is 3. The van der Waals surface area contributed by atoms with Crippen molar-refractivity contribution in [3.8, 4) is 0 Å². The molecule has 1 fully saturated rings. The molecule has 1 atom stereocenters. The Morgan fingerprint density at radius 2 is 2.25 bits per heavy atom. The molecule has 1 unspecified atom stereocenters. The van der Waals surface area contributed by atoms with E-state index >= 15 is 0 Å². The third kappa shape index (κ3) is 6.35. The van der Waals surface area contributed by atoms with E-state index in [4.69, 9.17) is 0 Å². The molecule has 0 aromatic heterocycles. The van der Waals surface area contributed by atoms with E-state index in [1.807, 2.05) is 6.26 Å². The van der Waals surface area contributed by atoms with Crippen LogP contribution < -0.4 is 10.6 Å². The van der Waals surface area contributed by atoms with Gasteiger partial charge >= 0.3 is 0 Å². The van der Waals surface area contributed by atoms with Gasteiger partial charge in [-0.2, -0.15) is 11.8 Å². The first kappa shape index (κ1) is 13.8. The zero-order chi connectivity index (χ0) is 12.0. The lowest BCUT2D eigenvalue weighted by molar-refractivity contribution is -0.121. The van der Waals surface area contributed by atoms with Crippen LogP contribution in [0.1, 0.15) is 26.2 Å². The summed E-state index contributed by atoms with van der Waals surface area (Å²) in [5, 5.41) is 15.9. The van der Waals surface area contributed by atoms with Crippen LogP contribution in [0.15, 0.2) is 0 Å². The summed E-state index contributed by atoms with van der Waals surface area (Å²) < 4.78 is 0. The fraction of sp³-hybridized carbons (Fsp3) is 0.909.